The Morgan fingerprint density at radius 3 is 2.67 bits per heavy atom. The van der Waals surface area contributed by atoms with Gasteiger partial charge in [0.1, 0.15) is 0 Å². The van der Waals surface area contributed by atoms with E-state index >= 15 is 0 Å². The number of thioether (sulfide) groups is 2. The number of hydrazone groups is 1. The van der Waals surface area contributed by atoms with Gasteiger partial charge < -0.3 is 0 Å². The number of aryl methyl sites for hydroxylation is 1. The molecule has 0 radical (unpaired) electrons. The Balaban J connectivity index is 1.41. The van der Waals surface area contributed by atoms with Crippen molar-refractivity contribution in [2.24, 2.45) is 5.10 Å². The molecule has 0 fully saturated rings. The molecule has 5 nitrogen and oxygen atoms in total. The zero-order chi connectivity index (χ0) is 19.1. The smallest absolute Gasteiger partial charge is 0.250 e. The Hall–Kier alpha value is -1.39. The van der Waals surface area contributed by atoms with Gasteiger partial charge in [-0.1, -0.05) is 58.6 Å². The Labute approximate surface area is 178 Å². The van der Waals surface area contributed by atoms with Crippen LogP contribution in [0.3, 0.4) is 0 Å². The number of hydrogen-bond acceptors (Lipinski definition) is 8. The third-order valence-corrected chi connectivity index (χ3v) is 7.73. The second kappa shape index (κ2) is 10.2. The number of nitrogens with one attached hydrogen (secondary N) is 1. The fourth-order valence-corrected chi connectivity index (χ4v) is 5.56. The topological polar surface area (TPSA) is 67.2 Å². The van der Waals surface area contributed by atoms with Crippen LogP contribution in [0.4, 0.5) is 0 Å². The van der Waals surface area contributed by atoms with E-state index in [0.29, 0.717) is 0 Å². The quantitative estimate of drug-likeness (QED) is 0.291. The van der Waals surface area contributed by atoms with Gasteiger partial charge in [-0.05, 0) is 41.6 Å². The summed E-state index contributed by atoms with van der Waals surface area (Å²) in [4.78, 5) is 12.9. The lowest BCUT2D eigenvalue weighted by Crippen LogP contribution is -2.19. The fraction of sp³-hybridized carbons (Fsp3) is 0.176. The first-order valence-corrected chi connectivity index (χ1v) is 11.8. The van der Waals surface area contributed by atoms with E-state index in [2.05, 4.69) is 20.7 Å². The Morgan fingerprint density at radius 1 is 1.22 bits per heavy atom. The Morgan fingerprint density at radius 2 is 1.96 bits per heavy atom. The molecular formula is C17H15ClN4OS4. The van der Waals surface area contributed by atoms with Crippen LogP contribution >= 0.6 is 57.8 Å². The predicted molar refractivity (Wildman–Crippen MR) is 116 cm³/mol. The first-order valence-electron chi connectivity index (χ1n) is 7.79. The lowest BCUT2D eigenvalue weighted by Gasteiger charge is -1.98. The summed E-state index contributed by atoms with van der Waals surface area (Å²) in [5.74, 6) is 0.876. The highest BCUT2D eigenvalue weighted by molar-refractivity contribution is 8.03. The number of benzene rings is 1. The van der Waals surface area contributed by atoms with Gasteiger partial charge in [0.25, 0.3) is 5.91 Å². The van der Waals surface area contributed by atoms with Crippen molar-refractivity contribution in [3.63, 3.8) is 0 Å². The minimum Gasteiger partial charge on any atom is -0.272 e. The normalized spacial score (nSPS) is 11.2. The molecule has 3 aromatic rings. The van der Waals surface area contributed by atoms with Crippen LogP contribution in [-0.4, -0.2) is 28.1 Å². The highest BCUT2D eigenvalue weighted by Gasteiger charge is 2.08. The molecule has 27 heavy (non-hydrogen) atoms. The van der Waals surface area contributed by atoms with E-state index in [4.69, 9.17) is 11.6 Å². The van der Waals surface area contributed by atoms with E-state index in [1.807, 2.05) is 42.6 Å². The SMILES string of the molecule is Cc1ccsc1/C=N\NC(=O)CSc1nnc(SCc2ccc(Cl)cc2)s1. The largest absolute Gasteiger partial charge is 0.272 e. The highest BCUT2D eigenvalue weighted by Crippen LogP contribution is 2.30. The zero-order valence-corrected chi connectivity index (χ0v) is 18.2. The first-order chi connectivity index (χ1) is 13.1. The molecule has 1 amide bonds. The standard InChI is InChI=1S/C17H15ClN4OS4/c1-11-6-7-24-14(11)8-19-20-15(23)10-26-17-22-21-16(27-17)25-9-12-2-4-13(18)5-3-12/h2-8H,9-10H2,1H3,(H,20,23)/b19-8-. The van der Waals surface area contributed by atoms with Crippen LogP contribution in [0.25, 0.3) is 0 Å². The molecule has 0 aliphatic rings. The zero-order valence-electron chi connectivity index (χ0n) is 14.2. The van der Waals surface area contributed by atoms with Gasteiger partial charge in [0.2, 0.25) is 0 Å². The van der Waals surface area contributed by atoms with Gasteiger partial charge in [0.05, 0.1) is 12.0 Å². The summed E-state index contributed by atoms with van der Waals surface area (Å²) in [5.41, 5.74) is 4.85. The Bertz CT molecular complexity index is 923. The second-order valence-corrected chi connectivity index (χ2v) is 10.1. The van der Waals surface area contributed by atoms with E-state index in [1.165, 1.54) is 28.7 Å². The summed E-state index contributed by atoms with van der Waals surface area (Å²) in [6.07, 6.45) is 1.67. The van der Waals surface area contributed by atoms with Crippen molar-refractivity contribution >= 4 is 69.9 Å². The maximum absolute atomic E-state index is 11.9. The summed E-state index contributed by atoms with van der Waals surface area (Å²) in [7, 11) is 0. The molecule has 140 valence electrons. The minimum absolute atomic E-state index is 0.170. The minimum atomic E-state index is -0.170. The molecule has 2 aromatic heterocycles. The molecule has 0 saturated heterocycles. The van der Waals surface area contributed by atoms with Crippen molar-refractivity contribution in [2.75, 3.05) is 5.75 Å². The fourth-order valence-electron chi connectivity index (χ4n) is 1.88. The highest BCUT2D eigenvalue weighted by atomic mass is 35.5. The Kier molecular flexibility index (Phi) is 7.71. The number of nitrogens with zero attached hydrogens (tertiary/aromatic N) is 3. The maximum atomic E-state index is 11.9. The summed E-state index contributed by atoms with van der Waals surface area (Å²) in [6.45, 7) is 2.01. The van der Waals surface area contributed by atoms with E-state index in [0.717, 1.165) is 29.9 Å². The average Bonchev–Trinajstić information content (AvgIpc) is 3.29. The van der Waals surface area contributed by atoms with Gasteiger partial charge >= 0.3 is 0 Å². The van der Waals surface area contributed by atoms with Crippen LogP contribution in [0.5, 0.6) is 0 Å². The van der Waals surface area contributed by atoms with Crippen molar-refractivity contribution in [3.8, 4) is 0 Å². The van der Waals surface area contributed by atoms with E-state index < -0.39 is 0 Å². The molecule has 3 rings (SSSR count). The van der Waals surface area contributed by atoms with Crippen LogP contribution in [0, 0.1) is 6.92 Å². The van der Waals surface area contributed by atoms with Gasteiger partial charge in [0.15, 0.2) is 8.68 Å². The van der Waals surface area contributed by atoms with Crippen molar-refractivity contribution in [1.82, 2.24) is 15.6 Å². The van der Waals surface area contributed by atoms with Crippen LogP contribution in [0.2, 0.25) is 5.02 Å². The molecule has 1 N–H and O–H groups in total. The lowest BCUT2D eigenvalue weighted by molar-refractivity contribution is -0.118. The van der Waals surface area contributed by atoms with Gasteiger partial charge in [-0.2, -0.15) is 5.10 Å². The molecule has 0 bridgehead atoms. The van der Waals surface area contributed by atoms with Crippen LogP contribution in [0.1, 0.15) is 16.0 Å². The second-order valence-electron chi connectivity index (χ2n) is 5.30. The first kappa shape index (κ1) is 20.3. The van der Waals surface area contributed by atoms with Crippen molar-refractivity contribution < 1.29 is 4.79 Å². The number of amides is 1. The lowest BCUT2D eigenvalue weighted by atomic mass is 10.2. The number of carbonyl (C=O) groups is 1. The molecular weight excluding hydrogens is 440 g/mol. The molecule has 0 saturated carbocycles. The summed E-state index contributed by atoms with van der Waals surface area (Å²) in [6, 6.07) is 9.75. The molecule has 0 aliphatic heterocycles. The van der Waals surface area contributed by atoms with Crippen molar-refractivity contribution in [1.29, 1.82) is 0 Å². The number of thiophene rings is 1. The number of aromatic nitrogens is 2. The number of hydrogen-bond donors (Lipinski definition) is 1. The number of halogens is 1. The number of carbonyl (C=O) groups excluding carboxylic acids is 1. The van der Waals surface area contributed by atoms with E-state index in [-0.39, 0.29) is 11.7 Å². The monoisotopic (exact) mass is 454 g/mol. The maximum Gasteiger partial charge on any atom is 0.250 e. The van der Waals surface area contributed by atoms with Crippen LogP contribution in [0.15, 0.2) is 49.5 Å². The van der Waals surface area contributed by atoms with E-state index in [1.54, 1.807) is 29.3 Å². The third kappa shape index (κ3) is 6.62. The van der Waals surface area contributed by atoms with Gasteiger partial charge in [-0.15, -0.1) is 21.5 Å². The predicted octanol–water partition coefficient (Wildman–Crippen LogP) is 5.10. The summed E-state index contributed by atoms with van der Waals surface area (Å²) < 4.78 is 1.64. The number of rotatable bonds is 8. The average molecular weight is 455 g/mol. The van der Waals surface area contributed by atoms with Gasteiger partial charge in [0, 0.05) is 15.7 Å². The van der Waals surface area contributed by atoms with Crippen LogP contribution in [-0.2, 0) is 10.5 Å². The summed E-state index contributed by atoms with van der Waals surface area (Å²) >= 11 is 11.9. The van der Waals surface area contributed by atoms with E-state index in [9.17, 15) is 4.79 Å². The molecule has 10 heteroatoms. The van der Waals surface area contributed by atoms with Gasteiger partial charge in [-0.25, -0.2) is 5.43 Å². The van der Waals surface area contributed by atoms with Gasteiger partial charge in [-0.3, -0.25) is 4.79 Å². The molecule has 0 atom stereocenters. The molecule has 2 heterocycles. The van der Waals surface area contributed by atoms with Crippen LogP contribution < -0.4 is 5.43 Å². The molecule has 0 unspecified atom stereocenters. The third-order valence-electron chi connectivity index (χ3n) is 3.26. The van der Waals surface area contributed by atoms with Crippen molar-refractivity contribution in [3.05, 3.63) is 56.7 Å². The molecule has 0 spiro atoms. The van der Waals surface area contributed by atoms with Crippen molar-refractivity contribution in [2.45, 2.75) is 21.4 Å². The summed E-state index contributed by atoms with van der Waals surface area (Å²) in [5, 5.41) is 15.0. The molecule has 0 aliphatic carbocycles. The molecule has 1 aromatic carbocycles.